The lowest BCUT2D eigenvalue weighted by atomic mass is 10.0. The van der Waals surface area contributed by atoms with Crippen LogP contribution in [0.3, 0.4) is 0 Å². The van der Waals surface area contributed by atoms with Crippen LogP contribution in [-0.2, 0) is 20.9 Å². The number of halogens is 1. The number of amides is 2. The minimum absolute atomic E-state index is 0.0993. The molecule has 206 valence electrons. The summed E-state index contributed by atoms with van der Waals surface area (Å²) >= 11 is 0. The summed E-state index contributed by atoms with van der Waals surface area (Å²) in [6, 6.07) is 16.8. The van der Waals surface area contributed by atoms with Crippen molar-refractivity contribution in [3.8, 4) is 11.5 Å². The zero-order valence-electron chi connectivity index (χ0n) is 21.7. The average molecular weight is 546 g/mol. The van der Waals surface area contributed by atoms with Crippen molar-refractivity contribution in [2.24, 2.45) is 0 Å². The van der Waals surface area contributed by atoms with Crippen molar-refractivity contribution >= 4 is 28.5 Å². The van der Waals surface area contributed by atoms with Crippen LogP contribution in [0.25, 0.3) is 11.0 Å². The van der Waals surface area contributed by atoms with E-state index in [-0.39, 0.29) is 12.6 Å². The predicted octanol–water partition coefficient (Wildman–Crippen LogP) is 3.41. The lowest BCUT2D eigenvalue weighted by Gasteiger charge is -2.32. The number of nitrogens with one attached hydrogen (secondary N) is 1. The number of nitrogens with zero attached hydrogens (tertiary/aromatic N) is 4. The Morgan fingerprint density at radius 1 is 1.02 bits per heavy atom. The largest absolute Gasteiger partial charge is 0.486 e. The van der Waals surface area contributed by atoms with Crippen molar-refractivity contribution in [2.45, 2.75) is 31.5 Å². The fraction of sp³-hybridized carbons (Fsp3) is 0.310. The van der Waals surface area contributed by atoms with Gasteiger partial charge in [0.25, 0.3) is 0 Å². The van der Waals surface area contributed by atoms with Gasteiger partial charge >= 0.3 is 0 Å². The van der Waals surface area contributed by atoms with E-state index in [1.54, 1.807) is 18.2 Å². The van der Waals surface area contributed by atoms with Crippen molar-refractivity contribution in [3.05, 3.63) is 78.1 Å². The molecule has 1 saturated heterocycles. The third-order valence-corrected chi connectivity index (χ3v) is 7.00. The molecule has 0 spiro atoms. The Morgan fingerprint density at radius 3 is 2.62 bits per heavy atom. The molecular formula is C29H28FN5O5. The van der Waals surface area contributed by atoms with Gasteiger partial charge in [0.05, 0.1) is 11.6 Å². The molecular weight excluding hydrogens is 517 g/mol. The first-order valence-corrected chi connectivity index (χ1v) is 13.2. The molecule has 6 rings (SSSR count). The third kappa shape index (κ3) is 5.32. The molecule has 1 aromatic heterocycles. The minimum Gasteiger partial charge on any atom is -0.486 e. The number of fused-ring (bicyclic) bond motifs is 2. The quantitative estimate of drug-likeness (QED) is 0.362. The summed E-state index contributed by atoms with van der Waals surface area (Å²) in [7, 11) is 0. The maximum absolute atomic E-state index is 14.2. The average Bonchev–Trinajstić information content (AvgIpc) is 3.65. The number of anilines is 1. The number of ether oxygens (including phenoxy) is 3. The van der Waals surface area contributed by atoms with E-state index in [4.69, 9.17) is 14.2 Å². The van der Waals surface area contributed by atoms with Gasteiger partial charge in [-0.25, -0.2) is 9.07 Å². The van der Waals surface area contributed by atoms with Crippen LogP contribution in [0.4, 0.5) is 10.1 Å². The second-order valence-electron chi connectivity index (χ2n) is 9.66. The van der Waals surface area contributed by atoms with Gasteiger partial charge in [-0.3, -0.25) is 14.5 Å². The normalized spacial score (nSPS) is 17.0. The van der Waals surface area contributed by atoms with Crippen LogP contribution in [0.1, 0.15) is 24.4 Å². The summed E-state index contributed by atoms with van der Waals surface area (Å²) in [5.74, 6) is -0.285. The number of hydrogen-bond donors (Lipinski definition) is 1. The molecule has 40 heavy (non-hydrogen) atoms. The van der Waals surface area contributed by atoms with Crippen molar-refractivity contribution < 1.29 is 28.2 Å². The fourth-order valence-corrected chi connectivity index (χ4v) is 5.04. The van der Waals surface area contributed by atoms with E-state index in [1.165, 1.54) is 33.8 Å². The van der Waals surface area contributed by atoms with Crippen LogP contribution in [-0.4, -0.2) is 59.3 Å². The molecule has 2 aliphatic heterocycles. The first-order valence-electron chi connectivity index (χ1n) is 13.2. The second-order valence-corrected chi connectivity index (χ2v) is 9.66. The van der Waals surface area contributed by atoms with Gasteiger partial charge in [-0.05, 0) is 54.8 Å². The number of hydrogen-bond acceptors (Lipinski definition) is 7. The van der Waals surface area contributed by atoms with Crippen LogP contribution < -0.4 is 19.7 Å². The molecule has 2 aliphatic rings. The Bertz CT molecular complexity index is 1520. The van der Waals surface area contributed by atoms with Gasteiger partial charge in [0, 0.05) is 24.9 Å². The standard InChI is InChI=1S/C29H28FN5O5/c30-20-9-7-19(8-10-20)28(29(37)31-17-22-4-3-13-38-22)35(21-11-12-25-26(16-21)40-15-14-39-25)27(36)18-34-24-6-2-1-5-23(24)32-33-34/h1-2,5-12,16,22,28H,3-4,13-15,17-18H2,(H,31,37). The van der Waals surface area contributed by atoms with Gasteiger partial charge in [0.15, 0.2) is 11.5 Å². The Morgan fingerprint density at radius 2 is 1.82 bits per heavy atom. The molecule has 0 saturated carbocycles. The van der Waals surface area contributed by atoms with E-state index in [0.29, 0.717) is 60.1 Å². The smallest absolute Gasteiger partial charge is 0.249 e. The molecule has 0 radical (unpaired) electrons. The summed E-state index contributed by atoms with van der Waals surface area (Å²) in [5, 5.41) is 11.3. The molecule has 0 bridgehead atoms. The first kappa shape index (κ1) is 25.8. The number of carbonyl (C=O) groups is 2. The summed E-state index contributed by atoms with van der Waals surface area (Å²) in [6.07, 6.45) is 1.67. The maximum atomic E-state index is 14.2. The molecule has 11 heteroatoms. The van der Waals surface area contributed by atoms with E-state index in [2.05, 4.69) is 15.6 Å². The Hall–Kier alpha value is -4.51. The SMILES string of the molecule is O=C(NCC1CCCO1)C(c1ccc(F)cc1)N(C(=O)Cn1nnc2ccccc21)c1ccc2c(c1)OCCO2. The number of para-hydroxylation sites is 1. The monoisotopic (exact) mass is 545 g/mol. The van der Waals surface area contributed by atoms with Gasteiger partial charge in [0.2, 0.25) is 11.8 Å². The number of benzene rings is 3. The molecule has 3 aromatic carbocycles. The van der Waals surface area contributed by atoms with Crippen LogP contribution in [0.2, 0.25) is 0 Å². The van der Waals surface area contributed by atoms with Crippen molar-refractivity contribution in [3.63, 3.8) is 0 Å². The van der Waals surface area contributed by atoms with Gasteiger partial charge < -0.3 is 19.5 Å². The summed E-state index contributed by atoms with van der Waals surface area (Å²) in [5.41, 5.74) is 2.18. The highest BCUT2D eigenvalue weighted by Gasteiger charge is 2.34. The van der Waals surface area contributed by atoms with Crippen LogP contribution >= 0.6 is 0 Å². The molecule has 2 unspecified atom stereocenters. The molecule has 10 nitrogen and oxygen atoms in total. The van der Waals surface area contributed by atoms with E-state index >= 15 is 0 Å². The van der Waals surface area contributed by atoms with Crippen molar-refractivity contribution in [2.75, 3.05) is 31.3 Å². The third-order valence-electron chi connectivity index (χ3n) is 7.00. The molecule has 0 aliphatic carbocycles. The minimum atomic E-state index is -1.12. The van der Waals surface area contributed by atoms with Crippen LogP contribution in [0.5, 0.6) is 11.5 Å². The maximum Gasteiger partial charge on any atom is 0.249 e. The number of carbonyl (C=O) groups excluding carboxylic acids is 2. The number of rotatable bonds is 8. The summed E-state index contributed by atoms with van der Waals surface area (Å²) in [6.45, 7) is 1.53. The summed E-state index contributed by atoms with van der Waals surface area (Å²) in [4.78, 5) is 29.4. The molecule has 2 amide bonds. The second kappa shape index (κ2) is 11.3. The fourth-order valence-electron chi connectivity index (χ4n) is 5.04. The Labute approximate surface area is 229 Å². The first-order chi connectivity index (χ1) is 19.6. The topological polar surface area (TPSA) is 108 Å². The van der Waals surface area contributed by atoms with Crippen molar-refractivity contribution in [1.29, 1.82) is 0 Å². The predicted molar refractivity (Wildman–Crippen MR) is 144 cm³/mol. The zero-order chi connectivity index (χ0) is 27.5. The molecule has 2 atom stereocenters. The van der Waals surface area contributed by atoms with E-state index < -0.39 is 23.7 Å². The van der Waals surface area contributed by atoms with Crippen molar-refractivity contribution in [1.82, 2.24) is 20.3 Å². The molecule has 1 fully saturated rings. The molecule has 1 N–H and O–H groups in total. The van der Waals surface area contributed by atoms with Crippen LogP contribution in [0.15, 0.2) is 66.7 Å². The number of aromatic nitrogens is 3. The van der Waals surface area contributed by atoms with Gasteiger partial charge in [-0.2, -0.15) is 0 Å². The zero-order valence-corrected chi connectivity index (χ0v) is 21.7. The van der Waals surface area contributed by atoms with E-state index in [0.717, 1.165) is 12.8 Å². The molecule has 3 heterocycles. The van der Waals surface area contributed by atoms with Gasteiger partial charge in [0.1, 0.15) is 37.1 Å². The Balaban J connectivity index is 1.40. The Kier molecular flexibility index (Phi) is 7.28. The summed E-state index contributed by atoms with van der Waals surface area (Å²) < 4.78 is 32.5. The highest BCUT2D eigenvalue weighted by atomic mass is 19.1. The van der Waals surface area contributed by atoms with Gasteiger partial charge in [-0.1, -0.05) is 29.5 Å². The van der Waals surface area contributed by atoms with Crippen LogP contribution in [0, 0.1) is 5.82 Å². The highest BCUT2D eigenvalue weighted by molar-refractivity contribution is 6.01. The van der Waals surface area contributed by atoms with E-state index in [1.807, 2.05) is 24.3 Å². The lowest BCUT2D eigenvalue weighted by molar-refractivity contribution is -0.127. The van der Waals surface area contributed by atoms with Gasteiger partial charge in [-0.15, -0.1) is 5.10 Å². The molecule has 4 aromatic rings. The van der Waals surface area contributed by atoms with E-state index in [9.17, 15) is 14.0 Å². The lowest BCUT2D eigenvalue weighted by Crippen LogP contribution is -2.46. The highest BCUT2D eigenvalue weighted by Crippen LogP contribution is 2.37.